The predicted octanol–water partition coefficient (Wildman–Crippen LogP) is 4.16. The Balaban J connectivity index is 2.35. The van der Waals surface area contributed by atoms with Gasteiger partial charge in [0, 0.05) is 29.3 Å². The van der Waals surface area contributed by atoms with Gasteiger partial charge in [-0.15, -0.1) is 0 Å². The average Bonchev–Trinajstić information content (AvgIpc) is 2.88. The number of hydrogen-bond acceptors (Lipinski definition) is 2. The molecule has 0 amide bonds. The molecular formula is C19H18N2O2. The summed E-state index contributed by atoms with van der Waals surface area (Å²) in [4.78, 5) is 15.7. The van der Waals surface area contributed by atoms with Crippen molar-refractivity contribution in [3.05, 3.63) is 71.2 Å². The zero-order valence-corrected chi connectivity index (χ0v) is 13.4. The number of carboxylic acids is 1. The number of aromatic carboxylic acids is 1. The number of carbonyl (C=O) groups is 1. The van der Waals surface area contributed by atoms with Gasteiger partial charge in [-0.05, 0) is 56.2 Å². The first-order valence-electron chi connectivity index (χ1n) is 7.43. The highest BCUT2D eigenvalue weighted by Crippen LogP contribution is 2.31. The highest BCUT2D eigenvalue weighted by molar-refractivity contribution is 5.91. The first-order valence-corrected chi connectivity index (χ1v) is 7.43. The van der Waals surface area contributed by atoms with Crippen LogP contribution in [0, 0.1) is 20.8 Å². The Kier molecular flexibility index (Phi) is 3.74. The molecule has 4 nitrogen and oxygen atoms in total. The Morgan fingerprint density at radius 2 is 1.91 bits per heavy atom. The van der Waals surface area contributed by atoms with E-state index in [4.69, 9.17) is 0 Å². The molecule has 0 unspecified atom stereocenters. The van der Waals surface area contributed by atoms with Gasteiger partial charge in [0.15, 0.2) is 0 Å². The summed E-state index contributed by atoms with van der Waals surface area (Å²) in [6, 6.07) is 11.6. The lowest BCUT2D eigenvalue weighted by Gasteiger charge is -2.16. The molecule has 1 N–H and O–H groups in total. The standard InChI is InChI=1S/C19H18N2O2/c1-12-6-4-8-17(13(12)2)21-14(3)16(19(22)23)10-18(21)15-7-5-9-20-11-15/h4-11H,1-3H3,(H,22,23). The molecule has 23 heavy (non-hydrogen) atoms. The Morgan fingerprint density at radius 3 is 2.57 bits per heavy atom. The second-order valence-corrected chi connectivity index (χ2v) is 5.63. The van der Waals surface area contributed by atoms with Crippen LogP contribution < -0.4 is 0 Å². The number of hydrogen-bond donors (Lipinski definition) is 1. The molecule has 0 spiro atoms. The third kappa shape index (κ3) is 2.52. The van der Waals surface area contributed by atoms with Crippen LogP contribution in [0.15, 0.2) is 48.8 Å². The molecule has 116 valence electrons. The number of aromatic nitrogens is 2. The van der Waals surface area contributed by atoms with Gasteiger partial charge in [0.25, 0.3) is 0 Å². The second kappa shape index (κ2) is 5.72. The molecular weight excluding hydrogens is 288 g/mol. The lowest BCUT2D eigenvalue weighted by Crippen LogP contribution is -2.05. The summed E-state index contributed by atoms with van der Waals surface area (Å²) in [5.41, 5.74) is 6.05. The van der Waals surface area contributed by atoms with E-state index in [0.29, 0.717) is 11.3 Å². The topological polar surface area (TPSA) is 55.1 Å². The zero-order chi connectivity index (χ0) is 16.6. The monoisotopic (exact) mass is 306 g/mol. The number of nitrogens with zero attached hydrogens (tertiary/aromatic N) is 2. The molecule has 2 aromatic heterocycles. The van der Waals surface area contributed by atoms with Crippen LogP contribution in [-0.4, -0.2) is 20.6 Å². The van der Waals surface area contributed by atoms with Crippen LogP contribution in [0.2, 0.25) is 0 Å². The van der Waals surface area contributed by atoms with Crippen molar-refractivity contribution in [3.8, 4) is 16.9 Å². The van der Waals surface area contributed by atoms with Gasteiger partial charge >= 0.3 is 5.97 Å². The van der Waals surface area contributed by atoms with Gasteiger partial charge in [0.1, 0.15) is 0 Å². The third-order valence-electron chi connectivity index (χ3n) is 4.25. The van der Waals surface area contributed by atoms with Gasteiger partial charge in [0.2, 0.25) is 0 Å². The quantitative estimate of drug-likeness (QED) is 0.790. The van der Waals surface area contributed by atoms with Crippen molar-refractivity contribution in [2.75, 3.05) is 0 Å². The minimum absolute atomic E-state index is 0.310. The first kappa shape index (κ1) is 15.0. The molecule has 0 aliphatic heterocycles. The lowest BCUT2D eigenvalue weighted by atomic mass is 10.1. The SMILES string of the molecule is Cc1cccc(-n2c(-c3cccnc3)cc(C(=O)O)c2C)c1C. The van der Waals surface area contributed by atoms with Crippen LogP contribution in [0.5, 0.6) is 0 Å². The molecule has 0 fully saturated rings. The van der Waals surface area contributed by atoms with Gasteiger partial charge in [-0.25, -0.2) is 4.79 Å². The summed E-state index contributed by atoms with van der Waals surface area (Å²) in [6.45, 7) is 5.95. The number of aryl methyl sites for hydroxylation is 1. The number of carboxylic acid groups (broad SMARTS) is 1. The summed E-state index contributed by atoms with van der Waals surface area (Å²) < 4.78 is 2.00. The minimum atomic E-state index is -0.920. The fraction of sp³-hybridized carbons (Fsp3) is 0.158. The Morgan fingerprint density at radius 1 is 1.13 bits per heavy atom. The van der Waals surface area contributed by atoms with E-state index < -0.39 is 5.97 Å². The van der Waals surface area contributed by atoms with Gasteiger partial charge in [-0.2, -0.15) is 0 Å². The molecule has 3 aromatic rings. The fourth-order valence-electron chi connectivity index (χ4n) is 2.84. The molecule has 0 bridgehead atoms. The van der Waals surface area contributed by atoms with Crippen molar-refractivity contribution in [1.29, 1.82) is 0 Å². The van der Waals surface area contributed by atoms with Gasteiger partial charge in [-0.1, -0.05) is 12.1 Å². The maximum absolute atomic E-state index is 11.6. The Hall–Kier alpha value is -2.88. The van der Waals surface area contributed by atoms with Crippen LogP contribution >= 0.6 is 0 Å². The molecule has 0 atom stereocenters. The molecule has 3 rings (SSSR count). The van der Waals surface area contributed by atoms with Crippen molar-refractivity contribution in [3.63, 3.8) is 0 Å². The average molecular weight is 306 g/mol. The van der Waals surface area contributed by atoms with E-state index >= 15 is 0 Å². The molecule has 0 saturated heterocycles. The molecule has 4 heteroatoms. The third-order valence-corrected chi connectivity index (χ3v) is 4.25. The van der Waals surface area contributed by atoms with Crippen molar-refractivity contribution < 1.29 is 9.90 Å². The minimum Gasteiger partial charge on any atom is -0.478 e. The maximum atomic E-state index is 11.6. The normalized spacial score (nSPS) is 10.7. The van der Waals surface area contributed by atoms with Gasteiger partial charge < -0.3 is 9.67 Å². The summed E-state index contributed by atoms with van der Waals surface area (Å²) >= 11 is 0. The summed E-state index contributed by atoms with van der Waals surface area (Å²) in [5.74, 6) is -0.920. The molecule has 0 radical (unpaired) electrons. The van der Waals surface area contributed by atoms with E-state index in [1.54, 1.807) is 18.5 Å². The van der Waals surface area contributed by atoms with Crippen molar-refractivity contribution in [2.24, 2.45) is 0 Å². The largest absolute Gasteiger partial charge is 0.478 e. The predicted molar refractivity (Wildman–Crippen MR) is 90.2 cm³/mol. The number of pyridine rings is 1. The number of benzene rings is 1. The van der Waals surface area contributed by atoms with Crippen LogP contribution in [0.4, 0.5) is 0 Å². The zero-order valence-electron chi connectivity index (χ0n) is 13.4. The van der Waals surface area contributed by atoms with Crippen LogP contribution in [-0.2, 0) is 0 Å². The van der Waals surface area contributed by atoms with Crippen molar-refractivity contribution in [1.82, 2.24) is 9.55 Å². The van der Waals surface area contributed by atoms with Crippen LogP contribution in [0.3, 0.4) is 0 Å². The van der Waals surface area contributed by atoms with E-state index in [1.165, 1.54) is 5.56 Å². The summed E-state index contributed by atoms with van der Waals surface area (Å²) in [6.07, 6.45) is 3.46. The highest BCUT2D eigenvalue weighted by Gasteiger charge is 2.20. The van der Waals surface area contributed by atoms with E-state index in [2.05, 4.69) is 24.9 Å². The van der Waals surface area contributed by atoms with Crippen molar-refractivity contribution >= 4 is 5.97 Å². The van der Waals surface area contributed by atoms with Crippen LogP contribution in [0.25, 0.3) is 16.9 Å². The molecule has 0 aliphatic rings. The van der Waals surface area contributed by atoms with E-state index in [0.717, 1.165) is 22.5 Å². The van der Waals surface area contributed by atoms with E-state index in [1.807, 2.05) is 35.8 Å². The molecule has 1 aromatic carbocycles. The highest BCUT2D eigenvalue weighted by atomic mass is 16.4. The second-order valence-electron chi connectivity index (χ2n) is 5.63. The van der Waals surface area contributed by atoms with Gasteiger partial charge in [0.05, 0.1) is 11.3 Å². The lowest BCUT2D eigenvalue weighted by molar-refractivity contribution is 0.0696. The first-order chi connectivity index (χ1) is 11.0. The molecule has 0 aliphatic carbocycles. The van der Waals surface area contributed by atoms with Crippen molar-refractivity contribution in [2.45, 2.75) is 20.8 Å². The van der Waals surface area contributed by atoms with Crippen LogP contribution in [0.1, 0.15) is 27.2 Å². The maximum Gasteiger partial charge on any atom is 0.337 e. The summed E-state index contributed by atoms with van der Waals surface area (Å²) in [7, 11) is 0. The Labute approximate surface area is 135 Å². The van der Waals surface area contributed by atoms with Gasteiger partial charge in [-0.3, -0.25) is 4.98 Å². The van der Waals surface area contributed by atoms with E-state index in [9.17, 15) is 9.90 Å². The van der Waals surface area contributed by atoms with E-state index in [-0.39, 0.29) is 0 Å². The Bertz CT molecular complexity index is 880. The summed E-state index contributed by atoms with van der Waals surface area (Å²) in [5, 5.41) is 9.49. The smallest absolute Gasteiger partial charge is 0.337 e. The number of rotatable bonds is 3. The molecule has 2 heterocycles. The fourth-order valence-corrected chi connectivity index (χ4v) is 2.84. The molecule has 0 saturated carbocycles.